The second-order valence-corrected chi connectivity index (χ2v) is 5.70. The molecule has 1 fully saturated rings. The second kappa shape index (κ2) is 6.30. The molecular weight excluding hydrogens is 282 g/mol. The number of allylic oxidation sites excluding steroid dienone is 1. The second-order valence-electron chi connectivity index (χ2n) is 5.70. The van der Waals surface area contributed by atoms with Crippen LogP contribution >= 0.6 is 0 Å². The van der Waals surface area contributed by atoms with E-state index in [9.17, 15) is 9.90 Å². The van der Waals surface area contributed by atoms with E-state index < -0.39 is 11.5 Å². The molecule has 0 aromatic heterocycles. The minimum absolute atomic E-state index is 0.143. The highest BCUT2D eigenvalue weighted by Gasteiger charge is 2.36. The minimum Gasteiger partial charge on any atom is -0.388 e. The Morgan fingerprint density at radius 2 is 2.23 bits per heavy atom. The molecule has 2 rings (SSSR count). The summed E-state index contributed by atoms with van der Waals surface area (Å²) in [6.07, 6.45) is 7.85. The van der Waals surface area contributed by atoms with Gasteiger partial charge < -0.3 is 15.3 Å². The number of piperidine rings is 1. The Kier molecular flexibility index (Phi) is 4.64. The third kappa shape index (κ3) is 3.18. The van der Waals surface area contributed by atoms with E-state index in [1.165, 1.54) is 11.2 Å². The maximum absolute atomic E-state index is 12.3. The number of hydrogen-bond acceptors (Lipinski definition) is 6. The highest BCUT2D eigenvalue weighted by atomic mass is 16.3. The monoisotopic (exact) mass is 303 g/mol. The Morgan fingerprint density at radius 1 is 1.59 bits per heavy atom. The van der Waals surface area contributed by atoms with Gasteiger partial charge in [0.25, 0.3) is 5.91 Å². The number of nitrogens with zero attached hydrogens (tertiary/aromatic N) is 3. The van der Waals surface area contributed by atoms with Crippen LogP contribution in [-0.4, -0.2) is 72.2 Å². The number of hydrogen-bond donors (Lipinski definition) is 3. The first kappa shape index (κ1) is 16.2. The van der Waals surface area contributed by atoms with E-state index in [-0.39, 0.29) is 18.0 Å². The van der Waals surface area contributed by atoms with Crippen molar-refractivity contribution in [3.05, 3.63) is 11.4 Å². The topological polar surface area (TPSA) is 92.0 Å². The fraction of sp³-hybridized carbons (Fsp3) is 0.533. The summed E-state index contributed by atoms with van der Waals surface area (Å²) >= 11 is 0. The Balaban J connectivity index is 2.17. The van der Waals surface area contributed by atoms with Crippen molar-refractivity contribution in [1.82, 2.24) is 15.1 Å². The minimum atomic E-state index is -0.937. The van der Waals surface area contributed by atoms with E-state index in [1.807, 2.05) is 7.05 Å². The Bertz CT molecular complexity index is 579. The number of aliphatic imine (C=N–C) groups is 1. The van der Waals surface area contributed by atoms with Crippen LogP contribution < -0.4 is 5.32 Å². The average molecular weight is 303 g/mol. The van der Waals surface area contributed by atoms with Gasteiger partial charge in [0, 0.05) is 20.1 Å². The number of amides is 1. The molecule has 2 heterocycles. The lowest BCUT2D eigenvalue weighted by Gasteiger charge is -2.39. The molecule has 0 bridgehead atoms. The number of nitrogens with one attached hydrogen (secondary N) is 2. The van der Waals surface area contributed by atoms with Gasteiger partial charge in [0.2, 0.25) is 0 Å². The van der Waals surface area contributed by atoms with Crippen molar-refractivity contribution < 1.29 is 9.90 Å². The largest absolute Gasteiger partial charge is 0.388 e. The maximum Gasteiger partial charge on any atom is 0.279 e. The molecule has 1 saturated heterocycles. The van der Waals surface area contributed by atoms with Gasteiger partial charge in [0.05, 0.1) is 18.5 Å². The molecule has 0 aliphatic carbocycles. The average Bonchev–Trinajstić information content (AvgIpc) is 2.51. The lowest BCUT2D eigenvalue weighted by Crippen LogP contribution is -2.53. The van der Waals surface area contributed by atoms with Gasteiger partial charge in [-0.05, 0) is 19.9 Å². The molecule has 0 unspecified atom stereocenters. The number of carbonyl (C=O) groups excluding carboxylic acids is 1. The van der Waals surface area contributed by atoms with Gasteiger partial charge >= 0.3 is 0 Å². The van der Waals surface area contributed by atoms with Gasteiger partial charge in [-0.2, -0.15) is 0 Å². The Labute approximate surface area is 130 Å². The Morgan fingerprint density at radius 3 is 2.77 bits per heavy atom. The van der Waals surface area contributed by atoms with Crippen molar-refractivity contribution in [3.8, 4) is 12.3 Å². The van der Waals surface area contributed by atoms with Gasteiger partial charge in [-0.25, -0.2) is 4.99 Å². The van der Waals surface area contributed by atoms with Crippen molar-refractivity contribution in [2.24, 2.45) is 4.99 Å². The van der Waals surface area contributed by atoms with Crippen LogP contribution in [0.3, 0.4) is 0 Å². The zero-order valence-corrected chi connectivity index (χ0v) is 12.9. The quantitative estimate of drug-likeness (QED) is 0.607. The van der Waals surface area contributed by atoms with Crippen molar-refractivity contribution in [2.75, 3.05) is 33.7 Å². The lowest BCUT2D eigenvalue weighted by molar-refractivity contribution is -0.124. The molecule has 0 spiro atoms. The van der Waals surface area contributed by atoms with E-state index in [0.717, 1.165) is 13.1 Å². The van der Waals surface area contributed by atoms with Crippen molar-refractivity contribution in [3.63, 3.8) is 0 Å². The molecule has 22 heavy (non-hydrogen) atoms. The Hall–Kier alpha value is -2.17. The fourth-order valence-electron chi connectivity index (χ4n) is 2.56. The number of aliphatic hydroxyl groups is 1. The normalized spacial score (nSPS) is 24.2. The van der Waals surface area contributed by atoms with Gasteiger partial charge in [-0.3, -0.25) is 15.1 Å². The van der Waals surface area contributed by atoms with E-state index in [2.05, 4.69) is 21.1 Å². The first-order chi connectivity index (χ1) is 10.4. The molecule has 118 valence electrons. The highest BCUT2D eigenvalue weighted by Crippen LogP contribution is 2.23. The van der Waals surface area contributed by atoms with Crippen molar-refractivity contribution in [2.45, 2.75) is 18.4 Å². The van der Waals surface area contributed by atoms with Crippen LogP contribution in [0.2, 0.25) is 0 Å². The summed E-state index contributed by atoms with van der Waals surface area (Å²) in [4.78, 5) is 19.8. The van der Waals surface area contributed by atoms with E-state index in [0.29, 0.717) is 18.5 Å². The third-order valence-electron chi connectivity index (χ3n) is 4.05. The molecule has 1 amide bonds. The zero-order chi connectivity index (χ0) is 16.3. The van der Waals surface area contributed by atoms with Gasteiger partial charge in [0.15, 0.2) is 0 Å². The fourth-order valence-corrected chi connectivity index (χ4v) is 2.56. The summed E-state index contributed by atoms with van der Waals surface area (Å²) < 4.78 is 0. The molecule has 0 radical (unpaired) electrons. The molecule has 7 nitrogen and oxygen atoms in total. The molecule has 0 atom stereocenters. The highest BCUT2D eigenvalue weighted by molar-refractivity contribution is 6.46. The number of terminal acetylenes is 1. The summed E-state index contributed by atoms with van der Waals surface area (Å²) in [6, 6.07) is 0. The zero-order valence-electron chi connectivity index (χ0n) is 12.9. The van der Waals surface area contributed by atoms with Crippen LogP contribution in [0.1, 0.15) is 12.8 Å². The summed E-state index contributed by atoms with van der Waals surface area (Å²) in [7, 11) is 3.61. The van der Waals surface area contributed by atoms with Crippen LogP contribution in [0.15, 0.2) is 16.4 Å². The van der Waals surface area contributed by atoms with E-state index >= 15 is 0 Å². The van der Waals surface area contributed by atoms with Crippen LogP contribution in [0.4, 0.5) is 0 Å². The smallest absolute Gasteiger partial charge is 0.279 e. The van der Waals surface area contributed by atoms with Gasteiger partial charge in [0.1, 0.15) is 17.1 Å². The number of carbonyl (C=O) groups is 1. The first-order valence-electron chi connectivity index (χ1n) is 7.14. The van der Waals surface area contributed by atoms with Crippen molar-refractivity contribution in [1.29, 1.82) is 5.41 Å². The first-order valence-corrected chi connectivity index (χ1v) is 7.14. The standard InChI is InChI=1S/C15H21N5O2/c1-4-11(17-2)13-12(16)14(21)20(10-18-13)9-15(22)5-7-19(3)8-6-15/h1,10,16-17,22H,5-9H2,2-3H3/b13-11+,16-12?. The summed E-state index contributed by atoms with van der Waals surface area (Å²) in [6.45, 7) is 1.70. The molecule has 3 N–H and O–H groups in total. The maximum atomic E-state index is 12.3. The van der Waals surface area contributed by atoms with Gasteiger partial charge in [-0.15, -0.1) is 6.42 Å². The predicted molar refractivity (Wildman–Crippen MR) is 84.5 cm³/mol. The third-order valence-corrected chi connectivity index (χ3v) is 4.05. The van der Waals surface area contributed by atoms with Gasteiger partial charge in [-0.1, -0.05) is 5.92 Å². The predicted octanol–water partition coefficient (Wildman–Crippen LogP) is -0.602. The molecule has 2 aliphatic heterocycles. The SMILES string of the molecule is C#C/C(NC)=C1\N=CN(CC2(O)CCN(C)CC2)C(=O)C1=N. The summed E-state index contributed by atoms with van der Waals surface area (Å²) in [5.41, 5.74) is -0.747. The summed E-state index contributed by atoms with van der Waals surface area (Å²) in [5, 5.41) is 21.3. The number of rotatable bonds is 3. The summed E-state index contributed by atoms with van der Waals surface area (Å²) in [5.74, 6) is 1.87. The molecule has 7 heteroatoms. The number of likely N-dealkylation sites (tertiary alicyclic amines) is 1. The molecule has 0 aromatic rings. The lowest BCUT2D eigenvalue weighted by atomic mass is 9.91. The molecule has 0 saturated carbocycles. The molecule has 0 aromatic carbocycles. The number of β-amino-alcohol motifs (C(OH)–C–C–N with tert-alkyl or cyclic N) is 1. The van der Waals surface area contributed by atoms with Crippen LogP contribution in [0, 0.1) is 17.8 Å². The van der Waals surface area contributed by atoms with E-state index in [1.54, 1.807) is 7.05 Å². The van der Waals surface area contributed by atoms with E-state index in [4.69, 9.17) is 11.8 Å². The van der Waals surface area contributed by atoms with Crippen LogP contribution in [-0.2, 0) is 4.79 Å². The van der Waals surface area contributed by atoms with Crippen LogP contribution in [0.25, 0.3) is 0 Å². The van der Waals surface area contributed by atoms with Crippen LogP contribution in [0.5, 0.6) is 0 Å². The molecular formula is C15H21N5O2. The van der Waals surface area contributed by atoms with Crippen molar-refractivity contribution >= 4 is 18.0 Å². The molecule has 2 aliphatic rings.